The van der Waals surface area contributed by atoms with Gasteiger partial charge in [-0.1, -0.05) is 36.4 Å². The standard InChI is InChI=1S/C22H27NO8S2/c1-21(2,3)31-20(25)23-22(16-24,30-4)15-19(32(26,27)17-11-7-5-8-12-17)33(28,29)18-13-9-6-10-14-18/h5-14,16,19H,15H2,1-4H3,(H,23,25)/t22-/m0/s1. The van der Waals surface area contributed by atoms with E-state index in [1.165, 1.54) is 48.5 Å². The number of rotatable bonds is 9. The highest BCUT2D eigenvalue weighted by atomic mass is 32.3. The minimum absolute atomic E-state index is 0.144. The van der Waals surface area contributed by atoms with Crippen LogP contribution >= 0.6 is 0 Å². The van der Waals surface area contributed by atoms with Gasteiger partial charge in [-0.3, -0.25) is 10.1 Å². The van der Waals surface area contributed by atoms with E-state index in [1.807, 2.05) is 0 Å². The second-order valence-corrected chi connectivity index (χ2v) is 12.7. The summed E-state index contributed by atoms with van der Waals surface area (Å²) in [6.07, 6.45) is -1.85. The minimum atomic E-state index is -4.55. The van der Waals surface area contributed by atoms with Gasteiger partial charge >= 0.3 is 6.09 Å². The number of carbonyl (C=O) groups excluding carboxylic acids is 2. The molecule has 0 spiro atoms. The fourth-order valence-electron chi connectivity index (χ4n) is 2.95. The predicted octanol–water partition coefficient (Wildman–Crippen LogP) is 2.72. The van der Waals surface area contributed by atoms with E-state index >= 15 is 0 Å². The van der Waals surface area contributed by atoms with E-state index in [0.29, 0.717) is 0 Å². The maximum absolute atomic E-state index is 13.5. The van der Waals surface area contributed by atoms with Crippen molar-refractivity contribution >= 4 is 32.1 Å². The van der Waals surface area contributed by atoms with Crippen molar-refractivity contribution in [3.63, 3.8) is 0 Å². The van der Waals surface area contributed by atoms with Crippen molar-refractivity contribution in [2.24, 2.45) is 0 Å². The SMILES string of the molecule is CO[C@](C=O)(CC(S(=O)(=O)c1ccccc1)S(=O)(=O)c1ccccc1)NC(=O)OC(C)(C)C. The first-order valence-corrected chi connectivity index (χ1v) is 13.0. The smallest absolute Gasteiger partial charge is 0.410 e. The zero-order valence-electron chi connectivity index (χ0n) is 18.7. The van der Waals surface area contributed by atoms with Crippen LogP contribution in [0.1, 0.15) is 27.2 Å². The van der Waals surface area contributed by atoms with Crippen LogP contribution in [-0.4, -0.2) is 52.2 Å². The third-order valence-electron chi connectivity index (χ3n) is 4.57. The second-order valence-electron chi connectivity index (χ2n) is 8.19. The van der Waals surface area contributed by atoms with Crippen molar-refractivity contribution < 1.29 is 35.9 Å². The van der Waals surface area contributed by atoms with Crippen molar-refractivity contribution in [1.82, 2.24) is 5.32 Å². The van der Waals surface area contributed by atoms with Crippen molar-refractivity contribution in [3.8, 4) is 0 Å². The van der Waals surface area contributed by atoms with Gasteiger partial charge in [0.05, 0.1) is 9.79 Å². The minimum Gasteiger partial charge on any atom is -0.444 e. The molecule has 0 aromatic heterocycles. The average molecular weight is 498 g/mol. The highest BCUT2D eigenvalue weighted by molar-refractivity contribution is 8.09. The fourth-order valence-corrected chi connectivity index (χ4v) is 7.56. The molecule has 0 bridgehead atoms. The molecule has 0 fully saturated rings. The Balaban J connectivity index is 2.62. The van der Waals surface area contributed by atoms with Crippen molar-refractivity contribution in [1.29, 1.82) is 0 Å². The van der Waals surface area contributed by atoms with Crippen LogP contribution in [0.2, 0.25) is 0 Å². The van der Waals surface area contributed by atoms with Crippen LogP contribution in [0.4, 0.5) is 4.79 Å². The van der Waals surface area contributed by atoms with E-state index in [0.717, 1.165) is 7.11 Å². The summed E-state index contributed by atoms with van der Waals surface area (Å²) >= 11 is 0. The van der Waals surface area contributed by atoms with Gasteiger partial charge in [0.2, 0.25) is 5.72 Å². The Morgan fingerprint density at radius 1 is 0.909 bits per heavy atom. The van der Waals surface area contributed by atoms with Gasteiger partial charge in [0.1, 0.15) is 5.60 Å². The quantitative estimate of drug-likeness (QED) is 0.413. The molecule has 1 N–H and O–H groups in total. The Kier molecular flexibility index (Phi) is 8.04. The molecule has 11 heteroatoms. The maximum atomic E-state index is 13.5. The Morgan fingerprint density at radius 2 is 1.33 bits per heavy atom. The van der Waals surface area contributed by atoms with Crippen LogP contribution in [0.15, 0.2) is 70.5 Å². The first-order chi connectivity index (χ1) is 15.3. The summed E-state index contributed by atoms with van der Waals surface area (Å²) < 4.78 is 62.1. The lowest BCUT2D eigenvalue weighted by atomic mass is 10.2. The molecule has 2 aromatic carbocycles. The van der Waals surface area contributed by atoms with E-state index in [9.17, 15) is 26.4 Å². The molecule has 2 rings (SSSR count). The van der Waals surface area contributed by atoms with Gasteiger partial charge in [0, 0.05) is 13.5 Å². The number of alkyl carbamates (subject to hydrolysis) is 1. The second kappa shape index (κ2) is 10.0. The molecule has 0 aliphatic heterocycles. The van der Waals surface area contributed by atoms with Gasteiger partial charge in [-0.2, -0.15) is 0 Å². The molecule has 0 aliphatic rings. The normalized spacial score (nSPS) is 14.3. The molecule has 180 valence electrons. The zero-order valence-corrected chi connectivity index (χ0v) is 20.4. The van der Waals surface area contributed by atoms with Gasteiger partial charge in [0.25, 0.3) is 0 Å². The lowest BCUT2D eigenvalue weighted by Crippen LogP contribution is -2.56. The number of sulfone groups is 2. The van der Waals surface area contributed by atoms with Gasteiger partial charge in [-0.15, -0.1) is 0 Å². The summed E-state index contributed by atoms with van der Waals surface area (Å²) in [5.74, 6) is 0. The van der Waals surface area contributed by atoms with Gasteiger partial charge in [-0.25, -0.2) is 21.6 Å². The highest BCUT2D eigenvalue weighted by Gasteiger charge is 2.47. The van der Waals surface area contributed by atoms with Crippen LogP contribution in [0.5, 0.6) is 0 Å². The zero-order chi connectivity index (χ0) is 24.9. The molecule has 0 saturated carbocycles. The fraction of sp³-hybridized carbons (Fsp3) is 0.364. The molecule has 1 amide bonds. The van der Waals surface area contributed by atoms with Crippen molar-refractivity contribution in [2.45, 2.75) is 52.9 Å². The summed E-state index contributed by atoms with van der Waals surface area (Å²) in [5.41, 5.74) is -3.23. The number of benzene rings is 2. The molecule has 33 heavy (non-hydrogen) atoms. The largest absolute Gasteiger partial charge is 0.444 e. The van der Waals surface area contributed by atoms with E-state index in [1.54, 1.807) is 32.9 Å². The molecule has 0 radical (unpaired) electrons. The lowest BCUT2D eigenvalue weighted by Gasteiger charge is -2.32. The van der Waals surface area contributed by atoms with Crippen molar-refractivity contribution in [2.75, 3.05) is 7.11 Å². The third kappa shape index (κ3) is 6.40. The molecule has 1 atom stereocenters. The summed E-state index contributed by atoms with van der Waals surface area (Å²) in [6, 6.07) is 13.9. The Hall–Kier alpha value is -2.76. The van der Waals surface area contributed by atoms with Crippen LogP contribution < -0.4 is 5.32 Å². The molecule has 9 nitrogen and oxygen atoms in total. The molecular weight excluding hydrogens is 470 g/mol. The number of hydrogen-bond acceptors (Lipinski definition) is 8. The third-order valence-corrected chi connectivity index (χ3v) is 9.67. The van der Waals surface area contributed by atoms with Crippen LogP contribution in [0.3, 0.4) is 0 Å². The summed E-state index contributed by atoms with van der Waals surface area (Å²) in [6.45, 7) is 4.76. The van der Waals surface area contributed by atoms with Gasteiger partial charge in [-0.05, 0) is 45.0 Å². The Bertz CT molecular complexity index is 1100. The Morgan fingerprint density at radius 3 is 1.67 bits per heavy atom. The summed E-state index contributed by atoms with van der Waals surface area (Å²) in [5, 5.41) is 2.18. The van der Waals surface area contributed by atoms with Gasteiger partial charge < -0.3 is 9.47 Å². The lowest BCUT2D eigenvalue weighted by molar-refractivity contribution is -0.132. The number of hydrogen-bond donors (Lipinski definition) is 1. The number of methoxy groups -OCH3 is 1. The van der Waals surface area contributed by atoms with Crippen LogP contribution in [0, 0.1) is 0 Å². The van der Waals surface area contributed by atoms with E-state index < -0.39 is 48.1 Å². The Labute approximate surface area is 193 Å². The molecule has 0 saturated heterocycles. The van der Waals surface area contributed by atoms with Crippen molar-refractivity contribution in [3.05, 3.63) is 60.7 Å². The number of nitrogens with one attached hydrogen (secondary N) is 1. The van der Waals surface area contributed by atoms with E-state index in [2.05, 4.69) is 5.32 Å². The summed E-state index contributed by atoms with van der Waals surface area (Å²) in [4.78, 5) is 23.9. The van der Waals surface area contributed by atoms with Crippen LogP contribution in [-0.2, 0) is 33.9 Å². The van der Waals surface area contributed by atoms with Gasteiger partial charge in [0.15, 0.2) is 30.5 Å². The first kappa shape index (κ1) is 26.5. The molecule has 0 aliphatic carbocycles. The number of aldehydes is 1. The van der Waals surface area contributed by atoms with Crippen LogP contribution in [0.25, 0.3) is 0 Å². The molecule has 0 unspecified atom stereocenters. The number of carbonyl (C=O) groups is 2. The maximum Gasteiger partial charge on any atom is 0.410 e. The molecular formula is C22H27NO8S2. The topological polar surface area (TPSA) is 133 Å². The number of amides is 1. The highest BCUT2D eigenvalue weighted by Crippen LogP contribution is 2.31. The van der Waals surface area contributed by atoms with E-state index in [-0.39, 0.29) is 16.1 Å². The monoisotopic (exact) mass is 497 g/mol. The first-order valence-electron chi connectivity index (χ1n) is 9.88. The van der Waals surface area contributed by atoms with E-state index in [4.69, 9.17) is 9.47 Å². The average Bonchev–Trinajstić information content (AvgIpc) is 2.76. The molecule has 0 heterocycles. The predicted molar refractivity (Wildman–Crippen MR) is 121 cm³/mol. The number of ether oxygens (including phenoxy) is 2. The molecule has 2 aromatic rings. The summed E-state index contributed by atoms with van der Waals surface area (Å²) in [7, 11) is -8.05.